The predicted octanol–water partition coefficient (Wildman–Crippen LogP) is 12.5. The van der Waals surface area contributed by atoms with Crippen LogP contribution >= 0.6 is 11.3 Å². The molecule has 0 aliphatic rings. The van der Waals surface area contributed by atoms with Crippen LogP contribution in [0.3, 0.4) is 0 Å². The van der Waals surface area contributed by atoms with E-state index in [1.54, 1.807) is 12.1 Å². The summed E-state index contributed by atoms with van der Waals surface area (Å²) in [5.41, 5.74) is 5.56. The van der Waals surface area contributed by atoms with E-state index in [-0.39, 0.29) is 64.0 Å². The van der Waals surface area contributed by atoms with Crippen LogP contribution in [0.1, 0.15) is 8.22 Å². The van der Waals surface area contributed by atoms with E-state index in [0.29, 0.717) is 43.3 Å². The van der Waals surface area contributed by atoms with Crippen molar-refractivity contribution in [2.24, 2.45) is 0 Å². The van der Waals surface area contributed by atoms with Crippen LogP contribution < -0.4 is 0 Å². The summed E-state index contributed by atoms with van der Waals surface area (Å²) >= 11 is 1.08. The SMILES string of the molecule is [2H]c1c(-c2ccccc2)c([2H])c2c(sc3c([2H])c(-c4nc(-c5ccccc5)nc(-c5cc(-c6ccccc6)c6c(c5)oc5ccccc56)n4)c([2H])c([2H])c32)c1[2H]. The van der Waals surface area contributed by atoms with Gasteiger partial charge in [0.1, 0.15) is 11.2 Å². The number of nitrogens with zero attached hydrogens (tertiary/aromatic N) is 3. The molecule has 4 nitrogen and oxygen atoms in total. The lowest BCUT2D eigenvalue weighted by molar-refractivity contribution is 0.669. The van der Waals surface area contributed by atoms with Gasteiger partial charge in [-0.3, -0.25) is 0 Å². The lowest BCUT2D eigenvalue weighted by Gasteiger charge is -2.11. The van der Waals surface area contributed by atoms with E-state index in [0.717, 1.165) is 38.8 Å². The third-order valence-corrected chi connectivity index (χ3v) is 9.81. The lowest BCUT2D eigenvalue weighted by atomic mass is 9.97. The molecule has 234 valence electrons. The number of furan rings is 1. The first-order chi connectivity index (χ1) is 27.3. The van der Waals surface area contributed by atoms with Crippen LogP contribution in [0.25, 0.3) is 98.5 Å². The number of para-hydroxylation sites is 1. The highest BCUT2D eigenvalue weighted by atomic mass is 32.1. The number of fused-ring (bicyclic) bond motifs is 6. The standard InChI is InChI=1S/C45H27N3OS/c1-4-12-28(13-5-1)31-21-23-40-37(24-31)34-22-20-32(27-41(34)50-40)44-46-43(30-16-8-3-9-17-30)47-45(48-44)33-25-36(29-14-6-2-7-15-29)42-35-18-10-11-19-38(35)49-39(42)26-33/h1-27H/i20D,21D,22D,23D,24D,27D. The van der Waals surface area contributed by atoms with E-state index in [1.807, 2.05) is 115 Å². The van der Waals surface area contributed by atoms with Gasteiger partial charge >= 0.3 is 0 Å². The van der Waals surface area contributed by atoms with Gasteiger partial charge in [-0.15, -0.1) is 11.3 Å². The number of rotatable bonds is 5. The fourth-order valence-corrected chi connectivity index (χ4v) is 7.38. The van der Waals surface area contributed by atoms with Crippen molar-refractivity contribution in [2.75, 3.05) is 0 Å². The molecule has 3 heterocycles. The lowest BCUT2D eigenvalue weighted by Crippen LogP contribution is -2.00. The molecule has 0 bridgehead atoms. The van der Waals surface area contributed by atoms with Crippen LogP contribution in [-0.4, -0.2) is 15.0 Å². The summed E-state index contributed by atoms with van der Waals surface area (Å²) in [6.07, 6.45) is 0. The van der Waals surface area contributed by atoms with Gasteiger partial charge in [-0.25, -0.2) is 15.0 Å². The van der Waals surface area contributed by atoms with Crippen molar-refractivity contribution in [3.05, 3.63) is 164 Å². The van der Waals surface area contributed by atoms with Gasteiger partial charge < -0.3 is 4.42 Å². The Balaban J connectivity index is 1.25. The molecule has 0 spiro atoms. The largest absolute Gasteiger partial charge is 0.456 e. The third-order valence-electron chi connectivity index (χ3n) is 8.79. The van der Waals surface area contributed by atoms with Crippen molar-refractivity contribution >= 4 is 53.4 Å². The molecule has 5 heteroatoms. The van der Waals surface area contributed by atoms with Crippen molar-refractivity contribution in [1.82, 2.24) is 15.0 Å². The second-order valence-electron chi connectivity index (χ2n) is 11.9. The summed E-state index contributed by atoms with van der Waals surface area (Å²) in [6.45, 7) is 0. The molecule has 0 fully saturated rings. The summed E-state index contributed by atoms with van der Waals surface area (Å²) in [4.78, 5) is 14.7. The monoisotopic (exact) mass is 663 g/mol. The molecule has 0 radical (unpaired) electrons. The average molecular weight is 664 g/mol. The summed E-state index contributed by atoms with van der Waals surface area (Å²) in [7, 11) is 0. The Morgan fingerprint density at radius 2 is 1.06 bits per heavy atom. The zero-order valence-corrected chi connectivity index (χ0v) is 27.1. The molecule has 0 N–H and O–H groups in total. The van der Waals surface area contributed by atoms with Crippen molar-refractivity contribution < 1.29 is 12.6 Å². The normalized spacial score (nSPS) is 13.3. The van der Waals surface area contributed by atoms with E-state index >= 15 is 0 Å². The fourth-order valence-electron chi connectivity index (χ4n) is 6.41. The van der Waals surface area contributed by atoms with Gasteiger partial charge in [-0.05, 0) is 58.6 Å². The first-order valence-electron chi connectivity index (χ1n) is 19.1. The van der Waals surface area contributed by atoms with Crippen molar-refractivity contribution in [1.29, 1.82) is 0 Å². The average Bonchev–Trinajstić information content (AvgIpc) is 3.83. The molecule has 7 aromatic carbocycles. The van der Waals surface area contributed by atoms with E-state index in [9.17, 15) is 5.48 Å². The van der Waals surface area contributed by atoms with E-state index in [2.05, 4.69) is 0 Å². The molecule has 10 aromatic rings. The number of hydrogen-bond donors (Lipinski definition) is 0. The maximum atomic E-state index is 9.55. The molecule has 0 saturated carbocycles. The minimum Gasteiger partial charge on any atom is -0.456 e. The molecule has 0 saturated heterocycles. The van der Waals surface area contributed by atoms with Crippen LogP contribution in [0.15, 0.2) is 168 Å². The molecular weight excluding hydrogens is 631 g/mol. The molecule has 0 unspecified atom stereocenters. The number of benzene rings is 7. The van der Waals surface area contributed by atoms with Crippen LogP contribution in [-0.2, 0) is 0 Å². The zero-order valence-electron chi connectivity index (χ0n) is 32.3. The topological polar surface area (TPSA) is 51.8 Å². The van der Waals surface area contributed by atoms with Gasteiger partial charge in [-0.2, -0.15) is 0 Å². The molecule has 0 aliphatic heterocycles. The van der Waals surface area contributed by atoms with Gasteiger partial charge in [0, 0.05) is 47.6 Å². The fraction of sp³-hybridized carbons (Fsp3) is 0. The van der Waals surface area contributed by atoms with Crippen LogP contribution in [0.5, 0.6) is 0 Å². The van der Waals surface area contributed by atoms with Gasteiger partial charge in [0.25, 0.3) is 0 Å². The Bertz CT molecular complexity index is 3210. The molecule has 10 rings (SSSR count). The summed E-state index contributed by atoms with van der Waals surface area (Å²) in [5, 5.41) is 2.46. The van der Waals surface area contributed by atoms with Crippen molar-refractivity contribution in [2.45, 2.75) is 0 Å². The van der Waals surface area contributed by atoms with Gasteiger partial charge in [0.2, 0.25) is 0 Å². The summed E-state index contributed by atoms with van der Waals surface area (Å²) in [5.74, 6) is 0.668. The Kier molecular flexibility index (Phi) is 5.35. The Labute approximate surface area is 300 Å². The quantitative estimate of drug-likeness (QED) is 0.184. The second kappa shape index (κ2) is 11.6. The van der Waals surface area contributed by atoms with Gasteiger partial charge in [0.15, 0.2) is 17.5 Å². The van der Waals surface area contributed by atoms with Gasteiger partial charge in [0.05, 0.1) is 8.22 Å². The highest BCUT2D eigenvalue weighted by Gasteiger charge is 2.19. The third kappa shape index (κ3) is 4.87. The van der Waals surface area contributed by atoms with Crippen LogP contribution in [0.2, 0.25) is 0 Å². The molecule has 0 aliphatic carbocycles. The maximum absolute atomic E-state index is 9.55. The first kappa shape index (κ1) is 23.0. The zero-order chi connectivity index (χ0) is 38.2. The number of aromatic nitrogens is 3. The highest BCUT2D eigenvalue weighted by molar-refractivity contribution is 7.25. The molecule has 0 amide bonds. The Morgan fingerprint density at radius 1 is 0.440 bits per heavy atom. The summed E-state index contributed by atoms with van der Waals surface area (Å²) in [6, 6.07) is 39.5. The summed E-state index contributed by atoms with van der Waals surface area (Å²) < 4.78 is 62.3. The number of hydrogen-bond acceptors (Lipinski definition) is 5. The van der Waals surface area contributed by atoms with E-state index in [1.165, 1.54) is 0 Å². The minimum absolute atomic E-state index is 0.0116. The smallest absolute Gasteiger partial charge is 0.164 e. The van der Waals surface area contributed by atoms with E-state index in [4.69, 9.17) is 22.1 Å². The Hall–Kier alpha value is -6.43. The minimum atomic E-state index is -0.279. The maximum Gasteiger partial charge on any atom is 0.164 e. The van der Waals surface area contributed by atoms with Crippen molar-refractivity contribution in [3.63, 3.8) is 0 Å². The van der Waals surface area contributed by atoms with Crippen LogP contribution in [0, 0.1) is 0 Å². The second-order valence-corrected chi connectivity index (χ2v) is 12.9. The molecular formula is C45H27N3OS. The Morgan fingerprint density at radius 3 is 1.82 bits per heavy atom. The van der Waals surface area contributed by atoms with Crippen molar-refractivity contribution in [3.8, 4) is 56.4 Å². The van der Waals surface area contributed by atoms with E-state index < -0.39 is 0 Å². The number of thiophene rings is 1. The van der Waals surface area contributed by atoms with Crippen LogP contribution in [0.4, 0.5) is 0 Å². The predicted molar refractivity (Wildman–Crippen MR) is 207 cm³/mol. The highest BCUT2D eigenvalue weighted by Crippen LogP contribution is 2.41. The molecule has 50 heavy (non-hydrogen) atoms. The molecule has 0 atom stereocenters. The van der Waals surface area contributed by atoms with Gasteiger partial charge in [-0.1, -0.05) is 127 Å². The molecule has 3 aromatic heterocycles. The first-order valence-corrected chi connectivity index (χ1v) is 16.9.